The van der Waals surface area contributed by atoms with E-state index in [2.05, 4.69) is 31.3 Å². The number of nitro benzene ring substituents is 1. The fraction of sp³-hybridized carbons (Fsp3) is 0.364. The van der Waals surface area contributed by atoms with E-state index in [4.69, 9.17) is 4.74 Å². The van der Waals surface area contributed by atoms with Crippen LogP contribution in [0.1, 0.15) is 61.1 Å². The van der Waals surface area contributed by atoms with Crippen LogP contribution in [0.5, 0.6) is 5.75 Å². The highest BCUT2D eigenvalue weighted by Crippen LogP contribution is 2.28. The number of amides is 1. The van der Waals surface area contributed by atoms with Crippen LogP contribution in [0.3, 0.4) is 0 Å². The van der Waals surface area contributed by atoms with Crippen LogP contribution in [0.15, 0.2) is 42.5 Å². The molecule has 7 nitrogen and oxygen atoms in total. The molecule has 154 valence electrons. The lowest BCUT2D eigenvalue weighted by atomic mass is 9.93. The Morgan fingerprint density at radius 1 is 1.10 bits per heavy atom. The van der Waals surface area contributed by atoms with Crippen LogP contribution in [-0.2, 0) is 4.79 Å². The molecule has 0 aliphatic heterocycles. The van der Waals surface area contributed by atoms with Crippen LogP contribution in [0.2, 0.25) is 0 Å². The molecule has 0 radical (unpaired) electrons. The molecule has 0 saturated heterocycles. The lowest BCUT2D eigenvalue weighted by Gasteiger charge is -2.23. The molecule has 0 bridgehead atoms. The highest BCUT2D eigenvalue weighted by molar-refractivity contribution is 5.79. The largest absolute Gasteiger partial charge is 0.477 e. The fourth-order valence-corrected chi connectivity index (χ4v) is 2.95. The minimum absolute atomic E-state index is 0.0573. The average molecular weight is 398 g/mol. The second kappa shape index (κ2) is 9.82. The van der Waals surface area contributed by atoms with E-state index < -0.39 is 4.92 Å². The predicted molar refractivity (Wildman–Crippen MR) is 110 cm³/mol. The van der Waals surface area contributed by atoms with Crippen LogP contribution in [0, 0.1) is 16.0 Å². The number of hydrogen-bond donors (Lipinski definition) is 1. The maximum atomic E-state index is 12.4. The SMILES string of the molecule is CC(C)c1ccc([C@H](NC(=O)COc2ccc(C=O)cc2[N+](=O)[O-])C(C)C)cc1. The van der Waals surface area contributed by atoms with E-state index in [9.17, 15) is 19.7 Å². The van der Waals surface area contributed by atoms with E-state index in [-0.39, 0.29) is 41.5 Å². The van der Waals surface area contributed by atoms with Crippen molar-refractivity contribution in [2.75, 3.05) is 6.61 Å². The van der Waals surface area contributed by atoms with E-state index in [1.165, 1.54) is 17.7 Å². The quantitative estimate of drug-likeness (QED) is 0.383. The zero-order valence-electron chi connectivity index (χ0n) is 17.0. The van der Waals surface area contributed by atoms with Gasteiger partial charge in [0.15, 0.2) is 12.4 Å². The van der Waals surface area contributed by atoms with Crippen LogP contribution in [-0.4, -0.2) is 23.7 Å². The van der Waals surface area contributed by atoms with Gasteiger partial charge in [0.1, 0.15) is 6.29 Å². The molecule has 0 unspecified atom stereocenters. The summed E-state index contributed by atoms with van der Waals surface area (Å²) in [6.45, 7) is 7.88. The Balaban J connectivity index is 2.08. The first-order valence-corrected chi connectivity index (χ1v) is 9.48. The van der Waals surface area contributed by atoms with Crippen LogP contribution < -0.4 is 10.1 Å². The van der Waals surface area contributed by atoms with Crippen molar-refractivity contribution in [2.24, 2.45) is 5.92 Å². The molecule has 0 saturated carbocycles. The zero-order chi connectivity index (χ0) is 21.6. The normalized spacial score (nSPS) is 11.9. The van der Waals surface area contributed by atoms with E-state index >= 15 is 0 Å². The topological polar surface area (TPSA) is 98.5 Å². The number of aldehydes is 1. The van der Waals surface area contributed by atoms with Gasteiger partial charge in [0.2, 0.25) is 0 Å². The molecule has 0 spiro atoms. The minimum Gasteiger partial charge on any atom is -0.477 e. The van der Waals surface area contributed by atoms with Gasteiger partial charge in [-0.25, -0.2) is 0 Å². The predicted octanol–water partition coefficient (Wildman–Crippen LogP) is 4.42. The fourth-order valence-electron chi connectivity index (χ4n) is 2.95. The van der Waals surface area contributed by atoms with E-state index in [1.54, 1.807) is 0 Å². The number of carbonyl (C=O) groups excluding carboxylic acids is 2. The summed E-state index contributed by atoms with van der Waals surface area (Å²) in [7, 11) is 0. The number of nitrogens with one attached hydrogen (secondary N) is 1. The van der Waals surface area contributed by atoms with Crippen molar-refractivity contribution in [3.8, 4) is 5.75 Å². The first-order chi connectivity index (χ1) is 13.7. The summed E-state index contributed by atoms with van der Waals surface area (Å²) in [6, 6.07) is 11.7. The Morgan fingerprint density at radius 2 is 1.72 bits per heavy atom. The van der Waals surface area contributed by atoms with Gasteiger partial charge in [0.05, 0.1) is 11.0 Å². The second-order valence-electron chi connectivity index (χ2n) is 7.50. The van der Waals surface area contributed by atoms with Gasteiger partial charge in [-0.2, -0.15) is 0 Å². The Labute approximate surface area is 170 Å². The van der Waals surface area contributed by atoms with Crippen LogP contribution in [0.25, 0.3) is 0 Å². The summed E-state index contributed by atoms with van der Waals surface area (Å²) < 4.78 is 5.36. The molecule has 0 heterocycles. The van der Waals surface area contributed by atoms with Crippen molar-refractivity contribution >= 4 is 17.9 Å². The standard InChI is InChI=1S/C22H26N2O5/c1-14(2)17-6-8-18(9-7-17)22(15(3)4)23-21(26)13-29-20-10-5-16(12-25)11-19(20)24(27)28/h5-12,14-15,22H,13H2,1-4H3,(H,23,26)/t22-/m1/s1. The molecule has 0 fully saturated rings. The van der Waals surface area contributed by atoms with Crippen molar-refractivity contribution in [3.63, 3.8) is 0 Å². The lowest BCUT2D eigenvalue weighted by Crippen LogP contribution is -2.35. The zero-order valence-corrected chi connectivity index (χ0v) is 17.0. The van der Waals surface area contributed by atoms with Crippen molar-refractivity contribution in [1.82, 2.24) is 5.32 Å². The summed E-state index contributed by atoms with van der Waals surface area (Å²) in [6.07, 6.45) is 0.515. The van der Waals surface area contributed by atoms with Gasteiger partial charge >= 0.3 is 5.69 Å². The van der Waals surface area contributed by atoms with E-state index in [1.807, 2.05) is 26.0 Å². The lowest BCUT2D eigenvalue weighted by molar-refractivity contribution is -0.385. The number of carbonyl (C=O) groups is 2. The third-order valence-electron chi connectivity index (χ3n) is 4.62. The molecule has 1 N–H and O–H groups in total. The number of hydrogen-bond acceptors (Lipinski definition) is 5. The number of ether oxygens (including phenoxy) is 1. The van der Waals surface area contributed by atoms with Crippen molar-refractivity contribution in [3.05, 3.63) is 69.3 Å². The Morgan fingerprint density at radius 3 is 2.24 bits per heavy atom. The molecule has 0 aliphatic carbocycles. The molecule has 2 aromatic carbocycles. The van der Waals surface area contributed by atoms with E-state index in [0.717, 1.165) is 11.6 Å². The van der Waals surface area contributed by atoms with Gasteiger partial charge < -0.3 is 10.1 Å². The van der Waals surface area contributed by atoms with Gasteiger partial charge in [0, 0.05) is 11.6 Å². The molecule has 1 atom stereocenters. The van der Waals surface area contributed by atoms with Crippen LogP contribution in [0.4, 0.5) is 5.69 Å². The molecule has 0 aromatic heterocycles. The Bertz CT molecular complexity index is 875. The number of nitrogens with zero attached hydrogens (tertiary/aromatic N) is 1. The van der Waals surface area contributed by atoms with Crippen LogP contribution >= 0.6 is 0 Å². The van der Waals surface area contributed by atoms with Crippen molar-refractivity contribution in [2.45, 2.75) is 39.7 Å². The number of nitro groups is 1. The molecule has 2 rings (SSSR count). The summed E-state index contributed by atoms with van der Waals surface area (Å²) in [5, 5.41) is 14.1. The Kier molecular flexibility index (Phi) is 7.47. The van der Waals surface area contributed by atoms with Gasteiger partial charge in [-0.15, -0.1) is 0 Å². The van der Waals surface area contributed by atoms with Crippen molar-refractivity contribution < 1.29 is 19.2 Å². The number of rotatable bonds is 9. The molecular formula is C22H26N2O5. The van der Waals surface area contributed by atoms with Gasteiger partial charge in [-0.3, -0.25) is 19.7 Å². The summed E-state index contributed by atoms with van der Waals surface area (Å²) >= 11 is 0. The first kappa shape index (κ1) is 22.1. The molecule has 0 aliphatic rings. The minimum atomic E-state index is -0.645. The third-order valence-corrected chi connectivity index (χ3v) is 4.62. The molecular weight excluding hydrogens is 372 g/mol. The average Bonchev–Trinajstić information content (AvgIpc) is 2.70. The molecule has 2 aromatic rings. The summed E-state index contributed by atoms with van der Waals surface area (Å²) in [5.41, 5.74) is 2.02. The van der Waals surface area contributed by atoms with Gasteiger partial charge in [0.25, 0.3) is 5.91 Å². The first-order valence-electron chi connectivity index (χ1n) is 9.48. The van der Waals surface area contributed by atoms with E-state index in [0.29, 0.717) is 12.2 Å². The molecule has 29 heavy (non-hydrogen) atoms. The van der Waals surface area contributed by atoms with Gasteiger partial charge in [-0.1, -0.05) is 52.0 Å². The smallest absolute Gasteiger partial charge is 0.311 e. The highest BCUT2D eigenvalue weighted by Gasteiger charge is 2.21. The monoisotopic (exact) mass is 398 g/mol. The van der Waals surface area contributed by atoms with Crippen molar-refractivity contribution in [1.29, 1.82) is 0 Å². The highest BCUT2D eigenvalue weighted by atomic mass is 16.6. The summed E-state index contributed by atoms with van der Waals surface area (Å²) in [5.74, 6) is 0.125. The van der Waals surface area contributed by atoms with Gasteiger partial charge in [-0.05, 0) is 35.1 Å². The molecule has 1 amide bonds. The maximum absolute atomic E-state index is 12.4. The Hall–Kier alpha value is -3.22. The maximum Gasteiger partial charge on any atom is 0.311 e. The second-order valence-corrected chi connectivity index (χ2v) is 7.50. The summed E-state index contributed by atoms with van der Waals surface area (Å²) in [4.78, 5) is 33.8. The third kappa shape index (κ3) is 5.88. The number of benzene rings is 2. The molecule has 7 heteroatoms.